The van der Waals surface area contributed by atoms with E-state index < -0.39 is 0 Å². The number of allylic oxidation sites excluding steroid dienone is 4. The average molecular weight is 179 g/mol. The van der Waals surface area contributed by atoms with E-state index in [1.54, 1.807) is 11.8 Å². The smallest absolute Gasteiger partial charge is 0.193 e. The molecule has 3 heteroatoms. The van der Waals surface area contributed by atoms with Crippen LogP contribution in [0.25, 0.3) is 5.57 Å². The summed E-state index contributed by atoms with van der Waals surface area (Å²) in [6, 6.07) is 1.98. The van der Waals surface area contributed by atoms with Gasteiger partial charge in [-0.15, -0.1) is 0 Å². The van der Waals surface area contributed by atoms with Crippen molar-refractivity contribution in [2.45, 2.75) is 11.5 Å². The van der Waals surface area contributed by atoms with Crippen LogP contribution in [-0.2, 0) is 0 Å². The van der Waals surface area contributed by atoms with E-state index in [1.807, 2.05) is 18.4 Å². The Morgan fingerprint density at radius 1 is 1.58 bits per heavy atom. The first-order valence-corrected chi connectivity index (χ1v) is 4.99. The van der Waals surface area contributed by atoms with Crippen LogP contribution in [0.4, 0.5) is 0 Å². The molecule has 0 amide bonds. The number of aromatic nitrogens is 1. The lowest BCUT2D eigenvalue weighted by molar-refractivity contribution is 0.348. The fourth-order valence-corrected chi connectivity index (χ4v) is 1.48. The normalized spacial score (nSPS) is 15.2. The Hall–Kier alpha value is -0.960. The zero-order valence-electron chi connectivity index (χ0n) is 6.78. The van der Waals surface area contributed by atoms with Gasteiger partial charge in [-0.1, -0.05) is 35.1 Å². The molecule has 1 heterocycles. The molecule has 1 aromatic heterocycles. The second-order valence-electron chi connectivity index (χ2n) is 2.56. The Labute approximate surface area is 75.3 Å². The highest BCUT2D eigenvalue weighted by Crippen LogP contribution is 2.25. The third-order valence-electron chi connectivity index (χ3n) is 1.79. The molecule has 12 heavy (non-hydrogen) atoms. The average Bonchev–Trinajstić information content (AvgIpc) is 2.75. The van der Waals surface area contributed by atoms with Gasteiger partial charge in [-0.3, -0.25) is 0 Å². The topological polar surface area (TPSA) is 26.0 Å². The molecule has 0 saturated heterocycles. The van der Waals surface area contributed by atoms with Gasteiger partial charge in [0.15, 0.2) is 5.09 Å². The summed E-state index contributed by atoms with van der Waals surface area (Å²) in [5, 5.41) is 4.84. The number of hydrogen-bond acceptors (Lipinski definition) is 3. The third-order valence-corrected chi connectivity index (χ3v) is 2.38. The van der Waals surface area contributed by atoms with Crippen LogP contribution in [0.2, 0.25) is 0 Å². The molecule has 0 unspecified atom stereocenters. The lowest BCUT2D eigenvalue weighted by atomic mass is 10.2. The summed E-state index contributed by atoms with van der Waals surface area (Å²) in [7, 11) is 0. The molecule has 0 fully saturated rings. The summed E-state index contributed by atoms with van der Waals surface area (Å²) in [6.07, 6.45) is 9.18. The lowest BCUT2D eigenvalue weighted by Gasteiger charge is -1.90. The van der Waals surface area contributed by atoms with Crippen molar-refractivity contribution in [3.05, 3.63) is 30.0 Å². The summed E-state index contributed by atoms with van der Waals surface area (Å²) in [4.78, 5) is 0. The second-order valence-corrected chi connectivity index (χ2v) is 3.37. The molecule has 2 rings (SSSR count). The van der Waals surface area contributed by atoms with Crippen molar-refractivity contribution >= 4 is 17.3 Å². The van der Waals surface area contributed by atoms with Crippen molar-refractivity contribution < 1.29 is 4.52 Å². The summed E-state index contributed by atoms with van der Waals surface area (Å²) < 4.78 is 5.07. The molecular weight excluding hydrogens is 170 g/mol. The van der Waals surface area contributed by atoms with E-state index in [0.29, 0.717) is 0 Å². The predicted molar refractivity (Wildman–Crippen MR) is 50.0 cm³/mol. The summed E-state index contributed by atoms with van der Waals surface area (Å²) in [5.41, 5.74) is 2.20. The summed E-state index contributed by atoms with van der Waals surface area (Å²) >= 11 is 1.57. The van der Waals surface area contributed by atoms with Crippen LogP contribution in [0.1, 0.15) is 12.1 Å². The van der Waals surface area contributed by atoms with Crippen molar-refractivity contribution in [3.63, 3.8) is 0 Å². The number of thioether (sulfide) groups is 1. The highest BCUT2D eigenvalue weighted by atomic mass is 32.2. The van der Waals surface area contributed by atoms with Crippen molar-refractivity contribution in [2.24, 2.45) is 0 Å². The Kier molecular flexibility index (Phi) is 2.04. The molecule has 2 nitrogen and oxygen atoms in total. The SMILES string of the molecule is CSc1cc(C2=CC=CC2)no1. The molecule has 0 aromatic carbocycles. The molecule has 0 atom stereocenters. The van der Waals surface area contributed by atoms with Gasteiger partial charge in [-0.2, -0.15) is 0 Å². The highest BCUT2D eigenvalue weighted by molar-refractivity contribution is 7.98. The zero-order chi connectivity index (χ0) is 8.39. The monoisotopic (exact) mass is 179 g/mol. The second kappa shape index (κ2) is 3.19. The number of hydrogen-bond donors (Lipinski definition) is 0. The molecule has 1 aliphatic carbocycles. The third kappa shape index (κ3) is 1.32. The largest absolute Gasteiger partial charge is 0.349 e. The van der Waals surface area contributed by atoms with E-state index in [0.717, 1.165) is 17.2 Å². The Bertz CT molecular complexity index is 338. The van der Waals surface area contributed by atoms with E-state index in [2.05, 4.69) is 17.3 Å². The zero-order valence-corrected chi connectivity index (χ0v) is 7.60. The van der Waals surface area contributed by atoms with E-state index in [9.17, 15) is 0 Å². The van der Waals surface area contributed by atoms with Crippen LogP contribution >= 0.6 is 11.8 Å². The predicted octanol–water partition coefficient (Wildman–Crippen LogP) is 2.74. The molecular formula is C9H9NOS. The van der Waals surface area contributed by atoms with Crippen molar-refractivity contribution in [1.29, 1.82) is 0 Å². The van der Waals surface area contributed by atoms with Gasteiger partial charge in [-0.05, 0) is 18.2 Å². The van der Waals surface area contributed by atoms with E-state index >= 15 is 0 Å². The molecule has 1 aliphatic rings. The van der Waals surface area contributed by atoms with E-state index in [4.69, 9.17) is 4.52 Å². The van der Waals surface area contributed by atoms with Crippen LogP contribution < -0.4 is 0 Å². The van der Waals surface area contributed by atoms with E-state index in [-0.39, 0.29) is 0 Å². The van der Waals surface area contributed by atoms with Gasteiger partial charge in [0, 0.05) is 6.07 Å². The molecule has 0 spiro atoms. The molecule has 0 N–H and O–H groups in total. The van der Waals surface area contributed by atoms with Crippen LogP contribution in [0.5, 0.6) is 0 Å². The Morgan fingerprint density at radius 2 is 2.50 bits per heavy atom. The first-order chi connectivity index (χ1) is 5.90. The van der Waals surface area contributed by atoms with Gasteiger partial charge in [-0.25, -0.2) is 0 Å². The molecule has 0 radical (unpaired) electrons. The van der Waals surface area contributed by atoms with Crippen molar-refractivity contribution in [3.8, 4) is 0 Å². The van der Waals surface area contributed by atoms with Gasteiger partial charge in [0.25, 0.3) is 0 Å². The first kappa shape index (κ1) is 7.68. The number of nitrogens with zero attached hydrogens (tertiary/aromatic N) is 1. The van der Waals surface area contributed by atoms with Crippen molar-refractivity contribution in [1.82, 2.24) is 5.16 Å². The van der Waals surface area contributed by atoms with E-state index in [1.165, 1.54) is 5.57 Å². The van der Waals surface area contributed by atoms with Gasteiger partial charge in [0.2, 0.25) is 0 Å². The van der Waals surface area contributed by atoms with Crippen LogP contribution in [-0.4, -0.2) is 11.4 Å². The molecule has 0 aliphatic heterocycles. The maximum Gasteiger partial charge on any atom is 0.193 e. The van der Waals surface area contributed by atoms with Gasteiger partial charge >= 0.3 is 0 Å². The molecule has 62 valence electrons. The fraction of sp³-hybridized carbons (Fsp3) is 0.222. The maximum absolute atomic E-state index is 5.07. The van der Waals surface area contributed by atoms with Crippen LogP contribution in [0.3, 0.4) is 0 Å². The van der Waals surface area contributed by atoms with Gasteiger partial charge in [0.1, 0.15) is 5.69 Å². The quantitative estimate of drug-likeness (QED) is 0.653. The first-order valence-electron chi connectivity index (χ1n) is 3.77. The Morgan fingerprint density at radius 3 is 3.08 bits per heavy atom. The van der Waals surface area contributed by atoms with Crippen LogP contribution in [0.15, 0.2) is 33.9 Å². The standard InChI is InChI=1S/C9H9NOS/c1-12-9-6-8(10-11-9)7-4-2-3-5-7/h2-4,6H,5H2,1H3. The minimum Gasteiger partial charge on any atom is -0.349 e. The minimum atomic E-state index is 0.873. The van der Waals surface area contributed by atoms with Crippen molar-refractivity contribution in [2.75, 3.05) is 6.26 Å². The Balaban J connectivity index is 2.23. The highest BCUT2D eigenvalue weighted by Gasteiger charge is 2.08. The maximum atomic E-state index is 5.07. The molecule has 0 bridgehead atoms. The minimum absolute atomic E-state index is 0.873. The van der Waals surface area contributed by atoms with Gasteiger partial charge < -0.3 is 4.52 Å². The molecule has 1 aromatic rings. The summed E-state index contributed by atoms with van der Waals surface area (Å²) in [6.45, 7) is 0. The molecule has 0 saturated carbocycles. The lowest BCUT2D eigenvalue weighted by Crippen LogP contribution is -1.77. The summed E-state index contributed by atoms with van der Waals surface area (Å²) in [5.74, 6) is 0. The fourth-order valence-electron chi connectivity index (χ4n) is 1.14. The van der Waals surface area contributed by atoms with Gasteiger partial charge in [0.05, 0.1) is 0 Å². The number of rotatable bonds is 2. The van der Waals surface area contributed by atoms with Crippen LogP contribution in [0, 0.1) is 0 Å².